The summed E-state index contributed by atoms with van der Waals surface area (Å²) >= 11 is 1.56. The van der Waals surface area contributed by atoms with Gasteiger partial charge in [0.2, 0.25) is 0 Å². The lowest BCUT2D eigenvalue weighted by atomic mass is 10.3. The van der Waals surface area contributed by atoms with Gasteiger partial charge in [-0.05, 0) is 19.9 Å². The molecular weight excluding hydrogens is 248 g/mol. The van der Waals surface area contributed by atoms with Gasteiger partial charge < -0.3 is 15.3 Å². The van der Waals surface area contributed by atoms with E-state index in [2.05, 4.69) is 17.2 Å². The molecule has 0 bridgehead atoms. The molecule has 0 saturated carbocycles. The Kier molecular flexibility index (Phi) is 5.69. The average molecular weight is 266 g/mol. The third-order valence-electron chi connectivity index (χ3n) is 2.12. The molecule has 0 aliphatic heterocycles. The number of carbonyl (C=O) groups is 1. The van der Waals surface area contributed by atoms with Crippen LogP contribution in [0.5, 0.6) is 0 Å². The molecule has 0 unspecified atom stereocenters. The summed E-state index contributed by atoms with van der Waals surface area (Å²) in [5, 5.41) is 13.4. The molecule has 18 heavy (non-hydrogen) atoms. The predicted octanol–water partition coefficient (Wildman–Crippen LogP) is 1.64. The van der Waals surface area contributed by atoms with Crippen LogP contribution < -0.4 is 5.32 Å². The van der Waals surface area contributed by atoms with Crippen LogP contribution in [-0.2, 0) is 6.54 Å². The van der Waals surface area contributed by atoms with Crippen LogP contribution in [0.25, 0.3) is 0 Å². The van der Waals surface area contributed by atoms with Gasteiger partial charge >= 0.3 is 6.03 Å². The van der Waals surface area contributed by atoms with Crippen molar-refractivity contribution in [1.29, 1.82) is 0 Å². The molecule has 0 fully saturated rings. The summed E-state index contributed by atoms with van der Waals surface area (Å²) in [6.45, 7) is 4.28. The average Bonchev–Trinajstić information content (AvgIpc) is 2.73. The fourth-order valence-electron chi connectivity index (χ4n) is 1.33. The van der Waals surface area contributed by atoms with Gasteiger partial charge in [0.15, 0.2) is 0 Å². The first-order chi connectivity index (χ1) is 8.52. The highest BCUT2D eigenvalue weighted by atomic mass is 32.1. The monoisotopic (exact) mass is 266 g/mol. The lowest BCUT2D eigenvalue weighted by Crippen LogP contribution is -2.40. The molecule has 1 rings (SSSR count). The van der Waals surface area contributed by atoms with Crippen molar-refractivity contribution in [2.45, 2.75) is 26.4 Å². The zero-order valence-electron chi connectivity index (χ0n) is 10.9. The summed E-state index contributed by atoms with van der Waals surface area (Å²) in [7, 11) is 1.76. The van der Waals surface area contributed by atoms with E-state index >= 15 is 0 Å². The van der Waals surface area contributed by atoms with Crippen LogP contribution in [0, 0.1) is 11.8 Å². The van der Waals surface area contributed by atoms with Gasteiger partial charge in [-0.3, -0.25) is 0 Å². The third kappa shape index (κ3) is 4.78. The van der Waals surface area contributed by atoms with Crippen LogP contribution >= 0.6 is 11.3 Å². The molecule has 0 aliphatic carbocycles. The SMILES string of the molecule is CC(C)NC(=O)N(C)Cc1cc(C#CCO)cs1. The first kappa shape index (κ1) is 14.6. The Hall–Kier alpha value is -1.51. The van der Waals surface area contributed by atoms with Gasteiger partial charge in [-0.15, -0.1) is 11.3 Å². The van der Waals surface area contributed by atoms with Crippen LogP contribution in [0.2, 0.25) is 0 Å². The van der Waals surface area contributed by atoms with Crippen molar-refractivity contribution in [3.8, 4) is 11.8 Å². The van der Waals surface area contributed by atoms with Gasteiger partial charge in [-0.25, -0.2) is 4.79 Å². The fraction of sp³-hybridized carbons (Fsp3) is 0.462. The van der Waals surface area contributed by atoms with Crippen molar-refractivity contribution in [2.24, 2.45) is 0 Å². The smallest absolute Gasteiger partial charge is 0.317 e. The maximum atomic E-state index is 11.7. The second-order valence-corrected chi connectivity index (χ2v) is 5.22. The minimum Gasteiger partial charge on any atom is -0.384 e. The van der Waals surface area contributed by atoms with E-state index in [0.29, 0.717) is 6.54 Å². The molecule has 0 atom stereocenters. The molecule has 0 saturated heterocycles. The Labute approximate surface area is 112 Å². The molecule has 1 aromatic heterocycles. The number of nitrogens with one attached hydrogen (secondary N) is 1. The number of hydrogen-bond donors (Lipinski definition) is 2. The zero-order valence-corrected chi connectivity index (χ0v) is 11.7. The highest BCUT2D eigenvalue weighted by Crippen LogP contribution is 2.15. The first-order valence-electron chi connectivity index (χ1n) is 5.71. The standard InChI is InChI=1S/C13H18N2O2S/c1-10(2)14-13(17)15(3)8-12-7-11(9-18-12)5-4-6-16/h7,9-10,16H,6,8H2,1-3H3,(H,14,17). The highest BCUT2D eigenvalue weighted by molar-refractivity contribution is 7.10. The van der Waals surface area contributed by atoms with E-state index in [1.807, 2.05) is 25.3 Å². The van der Waals surface area contributed by atoms with Crippen LogP contribution in [0.1, 0.15) is 24.3 Å². The molecule has 0 radical (unpaired) electrons. The number of thiophene rings is 1. The molecular formula is C13H18N2O2S. The van der Waals surface area contributed by atoms with Crippen LogP contribution in [0.3, 0.4) is 0 Å². The van der Waals surface area contributed by atoms with Crippen molar-refractivity contribution < 1.29 is 9.90 Å². The van der Waals surface area contributed by atoms with Gasteiger partial charge in [0.1, 0.15) is 6.61 Å². The summed E-state index contributed by atoms with van der Waals surface area (Å²) in [6, 6.07) is 1.99. The second kappa shape index (κ2) is 7.04. The fourth-order valence-corrected chi connectivity index (χ4v) is 2.20. The molecule has 1 aromatic rings. The van der Waals surface area contributed by atoms with E-state index in [9.17, 15) is 4.79 Å². The molecule has 0 spiro atoms. The summed E-state index contributed by atoms with van der Waals surface area (Å²) < 4.78 is 0. The van der Waals surface area contributed by atoms with E-state index in [1.165, 1.54) is 0 Å². The number of hydrogen-bond acceptors (Lipinski definition) is 3. The minimum atomic E-state index is -0.137. The van der Waals surface area contributed by atoms with E-state index in [-0.39, 0.29) is 18.7 Å². The van der Waals surface area contributed by atoms with Gasteiger partial charge in [0, 0.05) is 28.9 Å². The van der Waals surface area contributed by atoms with Gasteiger partial charge in [0.05, 0.1) is 6.54 Å². The molecule has 0 aromatic carbocycles. The predicted molar refractivity (Wildman–Crippen MR) is 73.4 cm³/mol. The maximum absolute atomic E-state index is 11.7. The number of aliphatic hydroxyl groups is 1. The maximum Gasteiger partial charge on any atom is 0.317 e. The molecule has 1 heterocycles. The largest absolute Gasteiger partial charge is 0.384 e. The van der Waals surface area contributed by atoms with E-state index in [0.717, 1.165) is 10.4 Å². The van der Waals surface area contributed by atoms with Crippen molar-refractivity contribution in [1.82, 2.24) is 10.2 Å². The Morgan fingerprint density at radius 3 is 2.94 bits per heavy atom. The number of carbonyl (C=O) groups excluding carboxylic acids is 1. The second-order valence-electron chi connectivity index (χ2n) is 4.22. The van der Waals surface area contributed by atoms with Gasteiger partial charge in [0.25, 0.3) is 0 Å². The first-order valence-corrected chi connectivity index (χ1v) is 6.59. The Balaban J connectivity index is 2.56. The zero-order chi connectivity index (χ0) is 13.5. The molecule has 4 nitrogen and oxygen atoms in total. The van der Waals surface area contributed by atoms with Crippen molar-refractivity contribution in [3.63, 3.8) is 0 Å². The quantitative estimate of drug-likeness (QED) is 0.817. The summed E-state index contributed by atoms with van der Waals surface area (Å²) in [5.41, 5.74) is 0.877. The van der Waals surface area contributed by atoms with Crippen LogP contribution in [-0.4, -0.2) is 35.7 Å². The lowest BCUT2D eigenvalue weighted by Gasteiger charge is -2.18. The molecule has 0 aliphatic rings. The van der Waals surface area contributed by atoms with Crippen LogP contribution in [0.15, 0.2) is 11.4 Å². The van der Waals surface area contributed by atoms with E-state index in [4.69, 9.17) is 5.11 Å². The third-order valence-corrected chi connectivity index (χ3v) is 3.04. The molecule has 2 amide bonds. The van der Waals surface area contributed by atoms with Gasteiger partial charge in [-0.2, -0.15) is 0 Å². The van der Waals surface area contributed by atoms with Crippen LogP contribution in [0.4, 0.5) is 4.79 Å². The normalized spacial score (nSPS) is 9.83. The number of rotatable bonds is 3. The van der Waals surface area contributed by atoms with Gasteiger partial charge in [-0.1, -0.05) is 11.8 Å². The summed E-state index contributed by atoms with van der Waals surface area (Å²) in [6.07, 6.45) is 0. The molecule has 5 heteroatoms. The number of nitrogens with zero attached hydrogens (tertiary/aromatic N) is 1. The van der Waals surface area contributed by atoms with Crippen molar-refractivity contribution in [3.05, 3.63) is 21.9 Å². The van der Waals surface area contributed by atoms with Crippen molar-refractivity contribution in [2.75, 3.05) is 13.7 Å². The highest BCUT2D eigenvalue weighted by Gasteiger charge is 2.10. The number of aliphatic hydroxyl groups excluding tert-OH is 1. The Morgan fingerprint density at radius 1 is 1.61 bits per heavy atom. The topological polar surface area (TPSA) is 52.6 Å². The Bertz CT molecular complexity index is 457. The van der Waals surface area contributed by atoms with Crippen molar-refractivity contribution >= 4 is 17.4 Å². The number of urea groups is 1. The number of amides is 2. The Morgan fingerprint density at radius 2 is 2.33 bits per heavy atom. The summed E-state index contributed by atoms with van der Waals surface area (Å²) in [5.74, 6) is 5.44. The molecule has 98 valence electrons. The van der Waals surface area contributed by atoms with E-state index < -0.39 is 0 Å². The summed E-state index contributed by atoms with van der Waals surface area (Å²) in [4.78, 5) is 14.4. The molecule has 2 N–H and O–H groups in total. The minimum absolute atomic E-state index is 0.0820. The lowest BCUT2D eigenvalue weighted by molar-refractivity contribution is 0.204. The van der Waals surface area contributed by atoms with E-state index in [1.54, 1.807) is 23.3 Å².